The molecule has 90 valence electrons. The summed E-state index contributed by atoms with van der Waals surface area (Å²) in [6.45, 7) is 0.153. The van der Waals surface area contributed by atoms with Crippen LogP contribution in [0.2, 0.25) is 5.02 Å². The molecule has 0 fully saturated rings. The molecular weight excluding hydrogens is 260 g/mol. The number of nitrogens with zero attached hydrogens (tertiary/aromatic N) is 2. The number of hydrogen-bond donors (Lipinski definition) is 1. The van der Waals surface area contributed by atoms with Crippen LogP contribution in [0, 0.1) is 0 Å². The summed E-state index contributed by atoms with van der Waals surface area (Å²) >= 11 is 7.43. The highest BCUT2D eigenvalue weighted by Crippen LogP contribution is 2.21. The van der Waals surface area contributed by atoms with E-state index in [0.29, 0.717) is 28.2 Å². The molecule has 0 aliphatic heterocycles. The third kappa shape index (κ3) is 3.46. The fourth-order valence-corrected chi connectivity index (χ4v) is 2.04. The molecule has 1 aromatic heterocycles. The van der Waals surface area contributed by atoms with Crippen molar-refractivity contribution in [3.63, 3.8) is 0 Å². The zero-order valence-corrected chi connectivity index (χ0v) is 10.5. The Morgan fingerprint density at radius 1 is 1.41 bits per heavy atom. The topological polar surface area (TPSA) is 59.2 Å². The molecule has 0 radical (unpaired) electrons. The molecular formula is C11H11ClN2O2S. The lowest BCUT2D eigenvalue weighted by molar-refractivity contribution is 0.322. The van der Waals surface area contributed by atoms with E-state index in [1.807, 2.05) is 12.1 Å². The normalized spacial score (nSPS) is 10.7. The highest BCUT2D eigenvalue weighted by atomic mass is 35.5. The third-order valence-corrected chi connectivity index (χ3v) is 3.17. The molecule has 17 heavy (non-hydrogen) atoms. The van der Waals surface area contributed by atoms with Crippen molar-refractivity contribution < 1.29 is 9.63 Å². The summed E-state index contributed by atoms with van der Waals surface area (Å²) in [6, 6.07) is 7.30. The summed E-state index contributed by atoms with van der Waals surface area (Å²) in [5, 5.41) is 13.2. The molecule has 1 N–H and O–H groups in total. The van der Waals surface area contributed by atoms with Crippen LogP contribution >= 0.6 is 23.4 Å². The van der Waals surface area contributed by atoms with Crippen LogP contribution in [0.15, 0.2) is 28.8 Å². The molecule has 4 nitrogen and oxygen atoms in total. The molecule has 0 spiro atoms. The minimum absolute atomic E-state index is 0.153. The van der Waals surface area contributed by atoms with E-state index >= 15 is 0 Å². The Morgan fingerprint density at radius 2 is 2.29 bits per heavy atom. The van der Waals surface area contributed by atoms with E-state index in [4.69, 9.17) is 21.2 Å². The van der Waals surface area contributed by atoms with Crippen molar-refractivity contribution in [2.45, 2.75) is 5.75 Å². The Kier molecular flexibility index (Phi) is 4.42. The van der Waals surface area contributed by atoms with Gasteiger partial charge in [-0.3, -0.25) is 0 Å². The van der Waals surface area contributed by atoms with E-state index in [-0.39, 0.29) is 6.61 Å². The number of aromatic nitrogens is 2. The van der Waals surface area contributed by atoms with Crippen molar-refractivity contribution in [3.05, 3.63) is 35.2 Å². The van der Waals surface area contributed by atoms with Crippen LogP contribution in [0.5, 0.6) is 0 Å². The first kappa shape index (κ1) is 12.4. The van der Waals surface area contributed by atoms with E-state index in [1.165, 1.54) is 0 Å². The second-order valence-electron chi connectivity index (χ2n) is 3.30. The summed E-state index contributed by atoms with van der Waals surface area (Å²) in [5.74, 6) is 2.36. The Labute approximate surface area is 108 Å². The quantitative estimate of drug-likeness (QED) is 0.847. The number of halogens is 1. The fourth-order valence-electron chi connectivity index (χ4n) is 1.28. The number of thioether (sulfide) groups is 1. The molecule has 0 aliphatic rings. The highest BCUT2D eigenvalue weighted by Gasteiger charge is 2.08. The molecule has 0 saturated carbocycles. The summed E-state index contributed by atoms with van der Waals surface area (Å²) in [7, 11) is 0. The first-order chi connectivity index (χ1) is 8.29. The van der Waals surface area contributed by atoms with Crippen LogP contribution in [-0.4, -0.2) is 27.6 Å². The van der Waals surface area contributed by atoms with Gasteiger partial charge in [0.15, 0.2) is 0 Å². The highest BCUT2D eigenvalue weighted by molar-refractivity contribution is 7.98. The summed E-state index contributed by atoms with van der Waals surface area (Å²) < 4.78 is 5.10. The minimum atomic E-state index is 0.153. The van der Waals surface area contributed by atoms with Crippen LogP contribution in [0.3, 0.4) is 0 Å². The van der Waals surface area contributed by atoms with Crippen molar-refractivity contribution >= 4 is 23.4 Å². The van der Waals surface area contributed by atoms with Crippen molar-refractivity contribution in [1.29, 1.82) is 0 Å². The smallest absolute Gasteiger partial charge is 0.236 e. The third-order valence-electron chi connectivity index (χ3n) is 2.01. The molecule has 0 saturated heterocycles. The average molecular weight is 271 g/mol. The molecule has 1 heterocycles. The zero-order chi connectivity index (χ0) is 12.1. The van der Waals surface area contributed by atoms with Gasteiger partial charge in [0.05, 0.1) is 12.4 Å². The van der Waals surface area contributed by atoms with Gasteiger partial charge in [0.1, 0.15) is 0 Å². The maximum absolute atomic E-state index is 8.66. The van der Waals surface area contributed by atoms with E-state index in [1.54, 1.807) is 23.9 Å². The number of aliphatic hydroxyl groups is 1. The molecule has 1 aromatic carbocycles. The van der Waals surface area contributed by atoms with Gasteiger partial charge in [0.2, 0.25) is 11.7 Å². The van der Waals surface area contributed by atoms with Crippen molar-refractivity contribution in [2.75, 3.05) is 12.4 Å². The number of aliphatic hydroxyl groups excluding tert-OH is 1. The van der Waals surface area contributed by atoms with Crippen LogP contribution in [0.4, 0.5) is 0 Å². The Morgan fingerprint density at radius 3 is 3.06 bits per heavy atom. The summed E-state index contributed by atoms with van der Waals surface area (Å²) in [4.78, 5) is 4.25. The van der Waals surface area contributed by atoms with Gasteiger partial charge >= 0.3 is 0 Å². The van der Waals surface area contributed by atoms with Crippen molar-refractivity contribution in [1.82, 2.24) is 10.1 Å². The van der Waals surface area contributed by atoms with E-state index in [9.17, 15) is 0 Å². The Hall–Kier alpha value is -1.04. The minimum Gasteiger partial charge on any atom is -0.396 e. The van der Waals surface area contributed by atoms with Gasteiger partial charge in [-0.25, -0.2) is 0 Å². The molecule has 2 aromatic rings. The molecule has 6 heteroatoms. The van der Waals surface area contributed by atoms with Crippen LogP contribution in [0.1, 0.15) is 5.89 Å². The Balaban J connectivity index is 2.07. The number of hydrogen-bond acceptors (Lipinski definition) is 5. The van der Waals surface area contributed by atoms with Gasteiger partial charge in [0, 0.05) is 16.3 Å². The number of benzene rings is 1. The van der Waals surface area contributed by atoms with Gasteiger partial charge in [0.25, 0.3) is 0 Å². The average Bonchev–Trinajstić information content (AvgIpc) is 2.78. The lowest BCUT2D eigenvalue weighted by Gasteiger charge is -1.94. The standard InChI is InChI=1S/C11H11ClN2O2S/c12-9-3-1-2-8(6-9)11-13-10(16-14-11)7-17-5-4-15/h1-3,6,15H,4-5,7H2. The molecule has 0 unspecified atom stereocenters. The molecule has 2 rings (SSSR count). The SMILES string of the molecule is OCCSCc1nc(-c2cccc(Cl)c2)no1. The molecule has 0 atom stereocenters. The monoisotopic (exact) mass is 270 g/mol. The molecule has 0 amide bonds. The lowest BCUT2D eigenvalue weighted by Crippen LogP contribution is -1.88. The first-order valence-electron chi connectivity index (χ1n) is 5.06. The second kappa shape index (κ2) is 6.05. The van der Waals surface area contributed by atoms with Crippen LogP contribution in [0.25, 0.3) is 11.4 Å². The van der Waals surface area contributed by atoms with Crippen LogP contribution in [-0.2, 0) is 5.75 Å². The molecule has 0 aliphatic carbocycles. The van der Waals surface area contributed by atoms with E-state index < -0.39 is 0 Å². The number of rotatable bonds is 5. The zero-order valence-electron chi connectivity index (χ0n) is 8.97. The second-order valence-corrected chi connectivity index (χ2v) is 4.84. The van der Waals surface area contributed by atoms with Gasteiger partial charge < -0.3 is 9.63 Å². The van der Waals surface area contributed by atoms with Gasteiger partial charge in [-0.2, -0.15) is 4.98 Å². The molecule has 0 bridgehead atoms. The van der Waals surface area contributed by atoms with E-state index in [2.05, 4.69) is 10.1 Å². The summed E-state index contributed by atoms with van der Waals surface area (Å²) in [5.41, 5.74) is 0.833. The predicted octanol–water partition coefficient (Wildman–Crippen LogP) is 2.62. The lowest BCUT2D eigenvalue weighted by atomic mass is 10.2. The fraction of sp³-hybridized carbons (Fsp3) is 0.273. The van der Waals surface area contributed by atoms with Crippen molar-refractivity contribution in [3.8, 4) is 11.4 Å². The Bertz CT molecular complexity index is 490. The predicted molar refractivity (Wildman–Crippen MR) is 68.0 cm³/mol. The van der Waals surface area contributed by atoms with Gasteiger partial charge in [-0.15, -0.1) is 11.8 Å². The van der Waals surface area contributed by atoms with E-state index in [0.717, 1.165) is 5.56 Å². The first-order valence-corrected chi connectivity index (χ1v) is 6.60. The van der Waals surface area contributed by atoms with Gasteiger partial charge in [-0.1, -0.05) is 28.9 Å². The maximum Gasteiger partial charge on any atom is 0.236 e. The van der Waals surface area contributed by atoms with Crippen LogP contribution < -0.4 is 0 Å². The largest absolute Gasteiger partial charge is 0.396 e. The van der Waals surface area contributed by atoms with Gasteiger partial charge in [-0.05, 0) is 12.1 Å². The van der Waals surface area contributed by atoms with Crippen molar-refractivity contribution in [2.24, 2.45) is 0 Å². The maximum atomic E-state index is 8.66. The summed E-state index contributed by atoms with van der Waals surface area (Å²) in [6.07, 6.45) is 0.